The molecule has 1 aliphatic heterocycles. The van der Waals surface area contributed by atoms with Crippen LogP contribution in [0.1, 0.15) is 44.5 Å². The number of benzene rings is 2. The molecule has 6 heteroatoms. The Hall–Kier alpha value is -3.25. The third kappa shape index (κ3) is 3.52. The minimum Gasteiger partial charge on any atom is -0.307 e. The van der Waals surface area contributed by atoms with Gasteiger partial charge in [-0.2, -0.15) is 5.10 Å². The van der Waals surface area contributed by atoms with E-state index in [9.17, 15) is 9.59 Å². The lowest BCUT2D eigenvalue weighted by Gasteiger charge is -2.15. The first-order chi connectivity index (χ1) is 13.1. The largest absolute Gasteiger partial charge is 0.307 e. The van der Waals surface area contributed by atoms with E-state index in [1.54, 1.807) is 24.3 Å². The number of aromatic nitrogens is 2. The Labute approximate surface area is 157 Å². The fraction of sp³-hybridized carbons (Fsp3) is 0.190. The van der Waals surface area contributed by atoms with E-state index < -0.39 is 0 Å². The number of ketones is 1. The van der Waals surface area contributed by atoms with E-state index >= 15 is 0 Å². The Morgan fingerprint density at radius 3 is 2.48 bits per heavy atom. The molecule has 1 aliphatic rings. The maximum atomic E-state index is 12.7. The van der Waals surface area contributed by atoms with Crippen LogP contribution in [0, 0.1) is 0 Å². The summed E-state index contributed by atoms with van der Waals surface area (Å²) in [6, 6.07) is 17.1. The fourth-order valence-electron chi connectivity index (χ4n) is 3.42. The lowest BCUT2D eigenvalue weighted by molar-refractivity contribution is 0.0985. The third-order valence-corrected chi connectivity index (χ3v) is 4.75. The maximum Gasteiger partial charge on any atom is 0.257 e. The van der Waals surface area contributed by atoms with Crippen LogP contribution in [0.2, 0.25) is 0 Å². The highest BCUT2D eigenvalue weighted by Gasteiger charge is 2.26. The molecule has 2 heterocycles. The number of rotatable bonds is 5. The Morgan fingerprint density at radius 1 is 1.04 bits per heavy atom. The number of carbonyl (C=O) groups is 2. The summed E-state index contributed by atoms with van der Waals surface area (Å²) in [4.78, 5) is 26.7. The molecular weight excluding hydrogens is 340 g/mol. The van der Waals surface area contributed by atoms with Crippen LogP contribution in [0.3, 0.4) is 0 Å². The molecule has 0 bridgehead atoms. The van der Waals surface area contributed by atoms with E-state index in [4.69, 9.17) is 0 Å². The van der Waals surface area contributed by atoms with Gasteiger partial charge >= 0.3 is 0 Å². The topological polar surface area (TPSA) is 78.1 Å². The Balaban J connectivity index is 1.49. The van der Waals surface area contributed by atoms with Crippen LogP contribution >= 0.6 is 0 Å². The van der Waals surface area contributed by atoms with Gasteiger partial charge in [0.2, 0.25) is 0 Å². The molecule has 0 aliphatic carbocycles. The van der Waals surface area contributed by atoms with Crippen LogP contribution < -0.4 is 5.32 Å². The molecule has 3 aromatic rings. The third-order valence-electron chi connectivity index (χ3n) is 4.75. The number of carbonyl (C=O) groups excluding carboxylic acids is 2. The zero-order valence-corrected chi connectivity index (χ0v) is 15.0. The minimum atomic E-state index is -0.311. The molecule has 1 amide bonds. The Bertz CT molecular complexity index is 994. The van der Waals surface area contributed by atoms with Crippen LogP contribution in [0.4, 0.5) is 5.82 Å². The van der Waals surface area contributed by atoms with Crippen LogP contribution in [-0.2, 0) is 19.6 Å². The van der Waals surface area contributed by atoms with Crippen molar-refractivity contribution in [1.29, 1.82) is 0 Å². The van der Waals surface area contributed by atoms with Gasteiger partial charge in [-0.05, 0) is 18.6 Å². The molecule has 0 spiro atoms. The second-order valence-electron chi connectivity index (χ2n) is 6.71. The monoisotopic (exact) mass is 360 g/mol. The number of fused-ring (bicyclic) bond motifs is 1. The van der Waals surface area contributed by atoms with Crippen molar-refractivity contribution in [2.24, 2.45) is 0 Å². The van der Waals surface area contributed by atoms with Gasteiger partial charge in [-0.1, -0.05) is 48.5 Å². The summed E-state index contributed by atoms with van der Waals surface area (Å²) in [6.45, 7) is 3.74. The standard InChI is InChI=1S/C21H20N4O2/c1-14(26)16-9-5-6-10-17(16)21(27)22-20-18-12-25(13-19(18)23-24-20)11-15-7-3-2-4-8-15/h2-10H,11-13H2,1H3,(H2,22,23,24,27). The number of nitrogens with one attached hydrogen (secondary N) is 2. The van der Waals surface area contributed by atoms with Gasteiger partial charge in [-0.15, -0.1) is 0 Å². The number of hydrogen-bond donors (Lipinski definition) is 2. The molecule has 2 N–H and O–H groups in total. The van der Waals surface area contributed by atoms with Crippen molar-refractivity contribution < 1.29 is 9.59 Å². The van der Waals surface area contributed by atoms with Gasteiger partial charge in [0.05, 0.1) is 11.3 Å². The molecule has 0 radical (unpaired) electrons. The SMILES string of the molecule is CC(=O)c1ccccc1C(=O)Nc1[nH]nc2c1CN(Cc1ccccc1)C2. The number of Topliss-reactive ketones (excluding diaryl/α,β-unsaturated/α-hetero) is 1. The number of amides is 1. The summed E-state index contributed by atoms with van der Waals surface area (Å²) in [5, 5.41) is 10.1. The van der Waals surface area contributed by atoms with E-state index in [1.165, 1.54) is 12.5 Å². The predicted molar refractivity (Wildman–Crippen MR) is 102 cm³/mol. The van der Waals surface area contributed by atoms with Crippen molar-refractivity contribution in [2.75, 3.05) is 5.32 Å². The van der Waals surface area contributed by atoms with Gasteiger partial charge < -0.3 is 5.32 Å². The first-order valence-electron chi connectivity index (χ1n) is 8.85. The second kappa shape index (κ2) is 7.17. The van der Waals surface area contributed by atoms with Crippen LogP contribution in [0.25, 0.3) is 0 Å². The molecule has 27 heavy (non-hydrogen) atoms. The summed E-state index contributed by atoms with van der Waals surface area (Å²) in [7, 11) is 0. The van der Waals surface area contributed by atoms with Crippen molar-refractivity contribution >= 4 is 17.5 Å². The van der Waals surface area contributed by atoms with E-state index in [1.807, 2.05) is 18.2 Å². The molecule has 1 aromatic heterocycles. The molecule has 0 saturated carbocycles. The van der Waals surface area contributed by atoms with Crippen LogP contribution in [-0.4, -0.2) is 26.8 Å². The molecule has 4 rings (SSSR count). The van der Waals surface area contributed by atoms with E-state index in [2.05, 4.69) is 32.5 Å². The average Bonchev–Trinajstić information content (AvgIpc) is 3.23. The van der Waals surface area contributed by atoms with Crippen molar-refractivity contribution in [3.05, 3.63) is 82.5 Å². The number of aromatic amines is 1. The molecule has 0 unspecified atom stereocenters. The maximum absolute atomic E-state index is 12.7. The zero-order valence-electron chi connectivity index (χ0n) is 15.0. The molecule has 0 saturated heterocycles. The van der Waals surface area contributed by atoms with Crippen molar-refractivity contribution in [3.8, 4) is 0 Å². The lowest BCUT2D eigenvalue weighted by atomic mass is 10.0. The Morgan fingerprint density at radius 2 is 1.74 bits per heavy atom. The fourth-order valence-corrected chi connectivity index (χ4v) is 3.42. The molecule has 136 valence electrons. The van der Waals surface area contributed by atoms with Gasteiger partial charge in [0.1, 0.15) is 5.82 Å². The van der Waals surface area contributed by atoms with Gasteiger partial charge in [-0.3, -0.25) is 19.6 Å². The summed E-state index contributed by atoms with van der Waals surface area (Å²) in [6.07, 6.45) is 0. The molecule has 2 aromatic carbocycles. The number of nitrogens with zero attached hydrogens (tertiary/aromatic N) is 2. The normalized spacial score (nSPS) is 13.4. The lowest BCUT2D eigenvalue weighted by Crippen LogP contribution is -2.19. The van der Waals surface area contributed by atoms with Gasteiger partial charge in [0, 0.05) is 30.8 Å². The second-order valence-corrected chi connectivity index (χ2v) is 6.71. The van der Waals surface area contributed by atoms with Gasteiger partial charge in [-0.25, -0.2) is 0 Å². The number of hydrogen-bond acceptors (Lipinski definition) is 4. The highest BCUT2D eigenvalue weighted by Crippen LogP contribution is 2.28. The van der Waals surface area contributed by atoms with Crippen LogP contribution in [0.5, 0.6) is 0 Å². The van der Waals surface area contributed by atoms with Crippen molar-refractivity contribution in [2.45, 2.75) is 26.6 Å². The highest BCUT2D eigenvalue weighted by atomic mass is 16.2. The van der Waals surface area contributed by atoms with E-state index in [0.717, 1.165) is 24.3 Å². The molecule has 0 fully saturated rings. The van der Waals surface area contributed by atoms with Crippen molar-refractivity contribution in [1.82, 2.24) is 15.1 Å². The van der Waals surface area contributed by atoms with Crippen LogP contribution in [0.15, 0.2) is 54.6 Å². The Kier molecular flexibility index (Phi) is 4.56. The first-order valence-corrected chi connectivity index (χ1v) is 8.85. The first kappa shape index (κ1) is 17.2. The number of anilines is 1. The molecular formula is C21H20N4O2. The van der Waals surface area contributed by atoms with Gasteiger partial charge in [0.25, 0.3) is 5.91 Å². The van der Waals surface area contributed by atoms with Crippen molar-refractivity contribution in [3.63, 3.8) is 0 Å². The van der Waals surface area contributed by atoms with E-state index in [-0.39, 0.29) is 11.7 Å². The summed E-state index contributed by atoms with van der Waals surface area (Å²) < 4.78 is 0. The summed E-state index contributed by atoms with van der Waals surface area (Å²) in [5.74, 6) is 0.155. The quantitative estimate of drug-likeness (QED) is 0.684. The highest BCUT2D eigenvalue weighted by molar-refractivity contribution is 6.12. The number of H-pyrrole nitrogens is 1. The summed E-state index contributed by atoms with van der Waals surface area (Å²) >= 11 is 0. The zero-order chi connectivity index (χ0) is 18.8. The van der Waals surface area contributed by atoms with Gasteiger partial charge in [0.15, 0.2) is 5.78 Å². The average molecular weight is 360 g/mol. The smallest absolute Gasteiger partial charge is 0.257 e. The molecule has 6 nitrogen and oxygen atoms in total. The van der Waals surface area contributed by atoms with E-state index in [0.29, 0.717) is 23.5 Å². The molecule has 0 atom stereocenters. The summed E-state index contributed by atoms with van der Waals surface area (Å²) in [5.41, 5.74) is 3.97. The minimum absolute atomic E-state index is 0.135. The predicted octanol–water partition coefficient (Wildman–Crippen LogP) is 3.38.